The Balaban J connectivity index is 2.08. The topological polar surface area (TPSA) is 58.5 Å². The van der Waals surface area contributed by atoms with Gasteiger partial charge >= 0.3 is 0 Å². The number of amidine groups is 1. The minimum Gasteiger partial charge on any atom is -0.339 e. The van der Waals surface area contributed by atoms with E-state index in [4.69, 9.17) is 0 Å². The van der Waals surface area contributed by atoms with Crippen molar-refractivity contribution < 1.29 is 8.42 Å². The third-order valence-electron chi connectivity index (χ3n) is 3.98. The van der Waals surface area contributed by atoms with Crippen molar-refractivity contribution in [1.82, 2.24) is 0 Å². The molecular weight excluding hydrogens is 388 g/mol. The van der Waals surface area contributed by atoms with Gasteiger partial charge in [-0.15, -0.1) is 4.40 Å². The second-order valence-corrected chi connectivity index (χ2v) is 8.23. The number of hydrogen-bond donors (Lipinski definition) is 1. The lowest BCUT2D eigenvalue weighted by atomic mass is 10.1. The van der Waals surface area contributed by atoms with Crippen LogP contribution >= 0.6 is 15.9 Å². The fraction of sp³-hybridized carbons (Fsp3) is 0.167. The zero-order valence-electron chi connectivity index (χ0n) is 13.6. The molecule has 0 fully saturated rings. The number of rotatable bonds is 2. The van der Waals surface area contributed by atoms with Crippen LogP contribution in [0.25, 0.3) is 4.91 Å². The predicted octanol–water partition coefficient (Wildman–Crippen LogP) is 4.65. The van der Waals surface area contributed by atoms with Crippen molar-refractivity contribution in [3.05, 3.63) is 69.2 Å². The molecule has 0 saturated carbocycles. The van der Waals surface area contributed by atoms with Gasteiger partial charge in [-0.3, -0.25) is 0 Å². The van der Waals surface area contributed by atoms with Crippen molar-refractivity contribution in [3.63, 3.8) is 0 Å². The molecular formula is C18H17BrN2O2S. The first-order valence-electron chi connectivity index (χ1n) is 7.45. The van der Waals surface area contributed by atoms with E-state index in [9.17, 15) is 8.42 Å². The molecule has 1 N–H and O–H groups in total. The van der Waals surface area contributed by atoms with Gasteiger partial charge in [0.1, 0.15) is 10.7 Å². The number of para-hydroxylation sites is 1. The molecule has 2 aromatic carbocycles. The molecule has 24 heavy (non-hydrogen) atoms. The Hall–Kier alpha value is -1.92. The van der Waals surface area contributed by atoms with Crippen molar-refractivity contribution in [3.8, 4) is 0 Å². The largest absolute Gasteiger partial charge is 0.339 e. The maximum atomic E-state index is 12.6. The molecule has 1 aliphatic heterocycles. The van der Waals surface area contributed by atoms with Crippen molar-refractivity contribution in [2.75, 3.05) is 5.32 Å². The van der Waals surface area contributed by atoms with E-state index in [2.05, 4.69) is 25.6 Å². The van der Waals surface area contributed by atoms with E-state index in [1.165, 1.54) is 0 Å². The van der Waals surface area contributed by atoms with E-state index < -0.39 is 10.0 Å². The molecule has 0 saturated heterocycles. The molecule has 0 amide bonds. The highest BCUT2D eigenvalue weighted by Gasteiger charge is 2.31. The van der Waals surface area contributed by atoms with E-state index in [0.29, 0.717) is 17.0 Å². The zero-order chi connectivity index (χ0) is 17.5. The SMILES string of the molecule is CC1=C(c2cccc(Br)c2)S(=O)(=O)N=C1Nc1c(C)cccc1C. The lowest BCUT2D eigenvalue weighted by Gasteiger charge is -2.12. The Kier molecular flexibility index (Phi) is 4.36. The van der Waals surface area contributed by atoms with E-state index in [-0.39, 0.29) is 4.91 Å². The van der Waals surface area contributed by atoms with E-state index >= 15 is 0 Å². The standard InChI is InChI=1S/C18H17BrN2O2S/c1-11-6-4-7-12(2)16(11)20-18-13(3)17(24(22,23)21-18)14-8-5-9-15(19)10-14/h4-10H,1-3H3,(H,20,21). The third kappa shape index (κ3) is 3.03. The monoisotopic (exact) mass is 404 g/mol. The second-order valence-electron chi connectivity index (χ2n) is 5.77. The van der Waals surface area contributed by atoms with Gasteiger partial charge in [-0.1, -0.05) is 46.3 Å². The summed E-state index contributed by atoms with van der Waals surface area (Å²) in [7, 11) is -3.72. The fourth-order valence-corrected chi connectivity index (χ4v) is 4.60. The summed E-state index contributed by atoms with van der Waals surface area (Å²) in [5.41, 5.74) is 4.22. The summed E-state index contributed by atoms with van der Waals surface area (Å²) < 4.78 is 29.9. The smallest absolute Gasteiger partial charge is 0.285 e. The van der Waals surface area contributed by atoms with Crippen LogP contribution in [0.4, 0.5) is 5.69 Å². The summed E-state index contributed by atoms with van der Waals surface area (Å²) in [5.74, 6) is 0.377. The fourth-order valence-electron chi connectivity index (χ4n) is 2.78. The van der Waals surface area contributed by atoms with Crippen LogP contribution in [0.15, 0.2) is 56.9 Å². The van der Waals surface area contributed by atoms with Crippen LogP contribution in [0.1, 0.15) is 23.6 Å². The summed E-state index contributed by atoms with van der Waals surface area (Å²) in [6.45, 7) is 5.74. The minimum absolute atomic E-state index is 0.248. The molecule has 0 spiro atoms. The number of aryl methyl sites for hydroxylation is 2. The van der Waals surface area contributed by atoms with Crippen LogP contribution < -0.4 is 5.32 Å². The van der Waals surface area contributed by atoms with Crippen LogP contribution in [-0.2, 0) is 10.0 Å². The van der Waals surface area contributed by atoms with Gasteiger partial charge in [-0.05, 0) is 49.6 Å². The molecule has 0 atom stereocenters. The van der Waals surface area contributed by atoms with Crippen molar-refractivity contribution in [1.29, 1.82) is 0 Å². The first-order chi connectivity index (χ1) is 11.3. The minimum atomic E-state index is -3.72. The molecule has 3 rings (SSSR count). The normalized spacial score (nSPS) is 16.2. The number of sulfonamides is 1. The summed E-state index contributed by atoms with van der Waals surface area (Å²) in [6.07, 6.45) is 0. The van der Waals surface area contributed by atoms with Gasteiger partial charge in [0.15, 0.2) is 0 Å². The quantitative estimate of drug-likeness (QED) is 0.791. The van der Waals surface area contributed by atoms with Gasteiger partial charge in [0.2, 0.25) is 0 Å². The summed E-state index contributed by atoms with van der Waals surface area (Å²) in [4.78, 5) is 0.248. The summed E-state index contributed by atoms with van der Waals surface area (Å²) >= 11 is 3.38. The first kappa shape index (κ1) is 16.9. The average molecular weight is 405 g/mol. The van der Waals surface area contributed by atoms with Crippen molar-refractivity contribution in [2.45, 2.75) is 20.8 Å². The molecule has 6 heteroatoms. The van der Waals surface area contributed by atoms with Crippen LogP contribution in [0.3, 0.4) is 0 Å². The number of nitrogens with zero attached hydrogens (tertiary/aromatic N) is 1. The lowest BCUT2D eigenvalue weighted by molar-refractivity contribution is 0.608. The maximum absolute atomic E-state index is 12.6. The predicted molar refractivity (Wildman–Crippen MR) is 103 cm³/mol. The highest BCUT2D eigenvalue weighted by molar-refractivity contribution is 9.10. The molecule has 1 heterocycles. The number of halogens is 1. The van der Waals surface area contributed by atoms with Crippen LogP contribution in [0, 0.1) is 13.8 Å². The van der Waals surface area contributed by atoms with E-state index in [1.807, 2.05) is 44.2 Å². The first-order valence-corrected chi connectivity index (χ1v) is 9.68. The number of benzene rings is 2. The van der Waals surface area contributed by atoms with Crippen LogP contribution in [0.2, 0.25) is 0 Å². The van der Waals surface area contributed by atoms with Gasteiger partial charge in [0.05, 0.1) is 0 Å². The number of nitrogens with one attached hydrogen (secondary N) is 1. The lowest BCUT2D eigenvalue weighted by Crippen LogP contribution is -2.13. The average Bonchev–Trinajstić information content (AvgIpc) is 2.72. The van der Waals surface area contributed by atoms with Gasteiger partial charge in [-0.2, -0.15) is 8.42 Å². The van der Waals surface area contributed by atoms with Crippen LogP contribution in [-0.4, -0.2) is 14.3 Å². The molecule has 0 unspecified atom stereocenters. The highest BCUT2D eigenvalue weighted by atomic mass is 79.9. The molecule has 2 aromatic rings. The summed E-state index contributed by atoms with van der Waals surface area (Å²) in [6, 6.07) is 13.2. The third-order valence-corrected chi connectivity index (χ3v) is 5.95. The Morgan fingerprint density at radius 1 is 1.00 bits per heavy atom. The molecule has 4 nitrogen and oxygen atoms in total. The molecule has 124 valence electrons. The Morgan fingerprint density at radius 3 is 2.25 bits per heavy atom. The molecule has 0 bridgehead atoms. The molecule has 0 aromatic heterocycles. The second kappa shape index (κ2) is 6.18. The van der Waals surface area contributed by atoms with Gasteiger partial charge < -0.3 is 5.32 Å². The molecule has 0 radical (unpaired) electrons. The maximum Gasteiger partial charge on any atom is 0.285 e. The summed E-state index contributed by atoms with van der Waals surface area (Å²) in [5, 5.41) is 3.20. The van der Waals surface area contributed by atoms with Gasteiger partial charge in [0.25, 0.3) is 10.0 Å². The highest BCUT2D eigenvalue weighted by Crippen LogP contribution is 2.34. The van der Waals surface area contributed by atoms with Gasteiger partial charge in [-0.25, -0.2) is 0 Å². The van der Waals surface area contributed by atoms with Crippen LogP contribution in [0.5, 0.6) is 0 Å². The molecule has 1 aliphatic rings. The Labute approximate surface area is 150 Å². The van der Waals surface area contributed by atoms with Crippen molar-refractivity contribution >= 4 is 42.4 Å². The Morgan fingerprint density at radius 2 is 1.62 bits per heavy atom. The van der Waals surface area contributed by atoms with E-state index in [0.717, 1.165) is 21.3 Å². The number of hydrogen-bond acceptors (Lipinski definition) is 3. The Bertz CT molecular complexity index is 972. The number of anilines is 1. The zero-order valence-corrected chi connectivity index (χ0v) is 16.0. The van der Waals surface area contributed by atoms with Gasteiger partial charge in [0, 0.05) is 15.7 Å². The molecule has 0 aliphatic carbocycles. The van der Waals surface area contributed by atoms with E-state index in [1.54, 1.807) is 19.1 Å². The van der Waals surface area contributed by atoms with Crippen molar-refractivity contribution in [2.24, 2.45) is 4.40 Å².